The van der Waals surface area contributed by atoms with Gasteiger partial charge in [-0.1, -0.05) is 18.2 Å². The predicted molar refractivity (Wildman–Crippen MR) is 70.0 cm³/mol. The van der Waals surface area contributed by atoms with Gasteiger partial charge in [-0.2, -0.15) is 4.98 Å². The van der Waals surface area contributed by atoms with Crippen LogP contribution in [0.5, 0.6) is 0 Å². The molecule has 2 rings (SSSR count). The Labute approximate surface area is 105 Å². The molecule has 0 aliphatic rings. The summed E-state index contributed by atoms with van der Waals surface area (Å²) >= 11 is 0. The SMILES string of the molecule is CNc1ncc(C)c(NCc2ccccc2F)n1. The Hall–Kier alpha value is -2.17. The van der Waals surface area contributed by atoms with Gasteiger partial charge >= 0.3 is 0 Å². The molecule has 0 saturated carbocycles. The van der Waals surface area contributed by atoms with Crippen LogP contribution in [0.2, 0.25) is 0 Å². The fourth-order valence-corrected chi connectivity index (χ4v) is 1.56. The van der Waals surface area contributed by atoms with Crippen molar-refractivity contribution in [2.45, 2.75) is 13.5 Å². The van der Waals surface area contributed by atoms with Crippen LogP contribution in [0.4, 0.5) is 16.2 Å². The van der Waals surface area contributed by atoms with Gasteiger partial charge in [0, 0.05) is 30.9 Å². The molecule has 1 aromatic carbocycles. The van der Waals surface area contributed by atoms with Crippen LogP contribution >= 0.6 is 0 Å². The Balaban J connectivity index is 2.13. The van der Waals surface area contributed by atoms with Gasteiger partial charge in [-0.05, 0) is 13.0 Å². The third-order valence-electron chi connectivity index (χ3n) is 2.60. The maximum absolute atomic E-state index is 13.5. The molecule has 5 heteroatoms. The fraction of sp³-hybridized carbons (Fsp3) is 0.231. The minimum absolute atomic E-state index is 0.217. The van der Waals surface area contributed by atoms with Gasteiger partial charge in [0.15, 0.2) is 0 Å². The second-order valence-corrected chi connectivity index (χ2v) is 3.92. The Morgan fingerprint density at radius 3 is 2.78 bits per heavy atom. The van der Waals surface area contributed by atoms with Crippen LogP contribution in [0, 0.1) is 12.7 Å². The number of halogens is 1. The first kappa shape index (κ1) is 12.3. The predicted octanol–water partition coefficient (Wildman–Crippen LogP) is 2.58. The maximum atomic E-state index is 13.5. The highest BCUT2D eigenvalue weighted by Crippen LogP contribution is 2.14. The first-order chi connectivity index (χ1) is 8.70. The zero-order valence-corrected chi connectivity index (χ0v) is 10.4. The topological polar surface area (TPSA) is 49.8 Å². The van der Waals surface area contributed by atoms with Crippen LogP contribution in [0.3, 0.4) is 0 Å². The van der Waals surface area contributed by atoms with Gasteiger partial charge in [0.05, 0.1) is 0 Å². The molecule has 0 radical (unpaired) electrons. The van der Waals surface area contributed by atoms with Gasteiger partial charge in [0.1, 0.15) is 11.6 Å². The van der Waals surface area contributed by atoms with Gasteiger partial charge in [-0.25, -0.2) is 9.37 Å². The van der Waals surface area contributed by atoms with Crippen molar-refractivity contribution < 1.29 is 4.39 Å². The third-order valence-corrected chi connectivity index (χ3v) is 2.60. The lowest BCUT2D eigenvalue weighted by atomic mass is 10.2. The summed E-state index contributed by atoms with van der Waals surface area (Å²) in [6.45, 7) is 2.30. The standard InChI is InChI=1S/C13H15FN4/c1-9-7-17-13(15-2)18-12(9)16-8-10-5-3-4-6-11(10)14/h3-7H,8H2,1-2H3,(H2,15,16,17,18). The number of rotatable bonds is 4. The highest BCUT2D eigenvalue weighted by molar-refractivity contribution is 5.46. The molecule has 0 unspecified atom stereocenters. The van der Waals surface area contributed by atoms with E-state index in [1.54, 1.807) is 25.4 Å². The molecule has 0 atom stereocenters. The van der Waals surface area contributed by atoms with E-state index in [0.717, 1.165) is 5.56 Å². The number of nitrogens with zero attached hydrogens (tertiary/aromatic N) is 2. The molecule has 0 fully saturated rings. The molecule has 0 aliphatic heterocycles. The van der Waals surface area contributed by atoms with E-state index in [1.807, 2.05) is 13.0 Å². The fourth-order valence-electron chi connectivity index (χ4n) is 1.56. The molecular formula is C13H15FN4. The van der Waals surface area contributed by atoms with E-state index in [1.165, 1.54) is 6.07 Å². The molecule has 2 N–H and O–H groups in total. The van der Waals surface area contributed by atoms with Crippen molar-refractivity contribution in [1.29, 1.82) is 0 Å². The quantitative estimate of drug-likeness (QED) is 0.870. The minimum Gasteiger partial charge on any atom is -0.365 e. The zero-order valence-electron chi connectivity index (χ0n) is 10.4. The summed E-state index contributed by atoms with van der Waals surface area (Å²) in [6.07, 6.45) is 1.72. The van der Waals surface area contributed by atoms with Crippen molar-refractivity contribution in [2.75, 3.05) is 17.7 Å². The number of aromatic nitrogens is 2. The number of benzene rings is 1. The molecular weight excluding hydrogens is 231 g/mol. The first-order valence-electron chi connectivity index (χ1n) is 5.69. The second kappa shape index (κ2) is 5.44. The van der Waals surface area contributed by atoms with Crippen molar-refractivity contribution >= 4 is 11.8 Å². The summed E-state index contributed by atoms with van der Waals surface area (Å²) in [6, 6.07) is 6.68. The largest absolute Gasteiger partial charge is 0.365 e. The van der Waals surface area contributed by atoms with Crippen LogP contribution in [0.15, 0.2) is 30.5 Å². The van der Waals surface area contributed by atoms with Crippen LogP contribution in [0.1, 0.15) is 11.1 Å². The number of nitrogens with one attached hydrogen (secondary N) is 2. The van der Waals surface area contributed by atoms with Crippen LogP contribution in [-0.2, 0) is 6.54 Å². The molecule has 0 spiro atoms. The molecule has 0 aliphatic carbocycles. The van der Waals surface area contributed by atoms with Crippen molar-refractivity contribution in [1.82, 2.24) is 9.97 Å². The molecule has 2 aromatic rings. The highest BCUT2D eigenvalue weighted by atomic mass is 19.1. The molecule has 1 heterocycles. The molecule has 0 amide bonds. The highest BCUT2D eigenvalue weighted by Gasteiger charge is 2.04. The van der Waals surface area contributed by atoms with Crippen LogP contribution in [-0.4, -0.2) is 17.0 Å². The Morgan fingerprint density at radius 1 is 1.28 bits per heavy atom. The Kier molecular flexibility index (Phi) is 3.72. The minimum atomic E-state index is -0.217. The van der Waals surface area contributed by atoms with E-state index in [-0.39, 0.29) is 5.82 Å². The molecule has 0 bridgehead atoms. The van der Waals surface area contributed by atoms with Gasteiger partial charge < -0.3 is 10.6 Å². The van der Waals surface area contributed by atoms with Crippen molar-refractivity contribution in [3.8, 4) is 0 Å². The van der Waals surface area contributed by atoms with E-state index in [4.69, 9.17) is 0 Å². The number of hydrogen-bond donors (Lipinski definition) is 2. The summed E-state index contributed by atoms with van der Waals surface area (Å²) in [4.78, 5) is 8.37. The molecule has 0 saturated heterocycles. The van der Waals surface area contributed by atoms with Gasteiger partial charge in [-0.3, -0.25) is 0 Å². The number of anilines is 2. The van der Waals surface area contributed by atoms with Crippen molar-refractivity contribution in [3.63, 3.8) is 0 Å². The maximum Gasteiger partial charge on any atom is 0.224 e. The normalized spacial score (nSPS) is 10.2. The monoisotopic (exact) mass is 246 g/mol. The van der Waals surface area contributed by atoms with E-state index >= 15 is 0 Å². The van der Waals surface area contributed by atoms with Gasteiger partial charge in [0.25, 0.3) is 0 Å². The molecule has 18 heavy (non-hydrogen) atoms. The van der Waals surface area contributed by atoms with E-state index < -0.39 is 0 Å². The van der Waals surface area contributed by atoms with Gasteiger partial charge in [-0.15, -0.1) is 0 Å². The summed E-state index contributed by atoms with van der Waals surface area (Å²) in [7, 11) is 1.76. The number of aryl methyl sites for hydroxylation is 1. The summed E-state index contributed by atoms with van der Waals surface area (Å²) < 4.78 is 13.5. The van der Waals surface area contributed by atoms with Crippen molar-refractivity contribution in [3.05, 3.63) is 47.4 Å². The average Bonchev–Trinajstić information content (AvgIpc) is 2.39. The van der Waals surface area contributed by atoms with E-state index in [0.29, 0.717) is 23.9 Å². The summed E-state index contributed by atoms with van der Waals surface area (Å²) in [5.41, 5.74) is 1.53. The first-order valence-corrected chi connectivity index (χ1v) is 5.69. The number of hydrogen-bond acceptors (Lipinski definition) is 4. The van der Waals surface area contributed by atoms with Crippen LogP contribution < -0.4 is 10.6 Å². The van der Waals surface area contributed by atoms with Crippen LogP contribution in [0.25, 0.3) is 0 Å². The smallest absolute Gasteiger partial charge is 0.224 e. The van der Waals surface area contributed by atoms with Crippen molar-refractivity contribution in [2.24, 2.45) is 0 Å². The second-order valence-electron chi connectivity index (χ2n) is 3.92. The lowest BCUT2D eigenvalue weighted by Gasteiger charge is -2.10. The third kappa shape index (κ3) is 2.74. The Morgan fingerprint density at radius 2 is 2.06 bits per heavy atom. The zero-order chi connectivity index (χ0) is 13.0. The summed E-state index contributed by atoms with van der Waals surface area (Å²) in [5, 5.41) is 5.98. The summed E-state index contributed by atoms with van der Waals surface area (Å²) in [5.74, 6) is 1.03. The van der Waals surface area contributed by atoms with Gasteiger partial charge in [0.2, 0.25) is 5.95 Å². The lowest BCUT2D eigenvalue weighted by Crippen LogP contribution is -2.07. The average molecular weight is 246 g/mol. The Bertz CT molecular complexity index is 542. The molecule has 4 nitrogen and oxygen atoms in total. The molecule has 1 aromatic heterocycles. The van der Waals surface area contributed by atoms with E-state index in [9.17, 15) is 4.39 Å². The lowest BCUT2D eigenvalue weighted by molar-refractivity contribution is 0.613. The molecule has 94 valence electrons. The van der Waals surface area contributed by atoms with E-state index in [2.05, 4.69) is 20.6 Å².